The van der Waals surface area contributed by atoms with Gasteiger partial charge in [-0.15, -0.1) is 12.6 Å². The van der Waals surface area contributed by atoms with Crippen LogP contribution in [0.1, 0.15) is 41.6 Å². The Hall–Kier alpha value is -1.00. The molecule has 1 aromatic carbocycles. The molecule has 1 heterocycles. The molecule has 0 bridgehead atoms. The van der Waals surface area contributed by atoms with Crippen LogP contribution in [0.15, 0.2) is 23.1 Å². The molecule has 0 radical (unpaired) electrons. The van der Waals surface area contributed by atoms with Gasteiger partial charge in [-0.25, -0.2) is 0 Å². The average molecular weight is 279 g/mol. The first-order valence-electron chi connectivity index (χ1n) is 6.85. The smallest absolute Gasteiger partial charge is 0.254 e. The fourth-order valence-electron chi connectivity index (χ4n) is 2.73. The molecule has 104 valence electrons. The van der Waals surface area contributed by atoms with Gasteiger partial charge in [-0.2, -0.15) is 0 Å². The number of aryl methyl sites for hydroxylation is 1. The van der Waals surface area contributed by atoms with Crippen molar-refractivity contribution < 1.29 is 9.90 Å². The molecule has 0 aliphatic carbocycles. The number of carbonyl (C=O) groups excluding carboxylic acids is 1. The van der Waals surface area contributed by atoms with E-state index >= 15 is 0 Å². The fraction of sp³-hybridized carbons (Fsp3) is 0.533. The lowest BCUT2D eigenvalue weighted by atomic mass is 10.1. The first-order valence-corrected chi connectivity index (χ1v) is 7.29. The monoisotopic (exact) mass is 279 g/mol. The van der Waals surface area contributed by atoms with Crippen LogP contribution in [-0.4, -0.2) is 35.1 Å². The number of aliphatic hydroxyl groups excluding tert-OH is 1. The maximum atomic E-state index is 12.6. The van der Waals surface area contributed by atoms with Crippen molar-refractivity contribution in [2.75, 3.05) is 13.2 Å². The normalized spacial score (nSPS) is 18.9. The molecular formula is C15H21NO2S. The summed E-state index contributed by atoms with van der Waals surface area (Å²) in [6, 6.07) is 5.97. The summed E-state index contributed by atoms with van der Waals surface area (Å²) in [6.07, 6.45) is 3.76. The van der Waals surface area contributed by atoms with Gasteiger partial charge in [-0.05, 0) is 50.3 Å². The summed E-state index contributed by atoms with van der Waals surface area (Å²) < 4.78 is 0. The zero-order chi connectivity index (χ0) is 13.8. The number of amides is 1. The summed E-state index contributed by atoms with van der Waals surface area (Å²) in [5, 5.41) is 8.94. The second kappa shape index (κ2) is 6.44. The highest BCUT2D eigenvalue weighted by atomic mass is 32.1. The van der Waals surface area contributed by atoms with Crippen molar-refractivity contribution in [2.24, 2.45) is 0 Å². The summed E-state index contributed by atoms with van der Waals surface area (Å²) >= 11 is 4.31. The number of nitrogens with zero attached hydrogens (tertiary/aromatic N) is 1. The Morgan fingerprint density at radius 3 is 3.05 bits per heavy atom. The van der Waals surface area contributed by atoms with Crippen LogP contribution in [0, 0.1) is 6.92 Å². The van der Waals surface area contributed by atoms with Gasteiger partial charge in [0.15, 0.2) is 0 Å². The topological polar surface area (TPSA) is 40.5 Å². The third-order valence-electron chi connectivity index (χ3n) is 3.79. The average Bonchev–Trinajstić information content (AvgIpc) is 2.86. The van der Waals surface area contributed by atoms with Gasteiger partial charge < -0.3 is 10.0 Å². The maximum Gasteiger partial charge on any atom is 0.254 e. The van der Waals surface area contributed by atoms with Crippen molar-refractivity contribution in [1.82, 2.24) is 4.90 Å². The van der Waals surface area contributed by atoms with E-state index in [4.69, 9.17) is 5.11 Å². The molecule has 2 rings (SSSR count). The SMILES string of the molecule is Cc1ccc(S)cc1C(=O)N1CCCC1CCCO. The van der Waals surface area contributed by atoms with E-state index in [0.29, 0.717) is 0 Å². The fourth-order valence-corrected chi connectivity index (χ4v) is 2.93. The summed E-state index contributed by atoms with van der Waals surface area (Å²) in [7, 11) is 0. The molecule has 0 saturated carbocycles. The van der Waals surface area contributed by atoms with Gasteiger partial charge in [0.1, 0.15) is 0 Å². The molecule has 19 heavy (non-hydrogen) atoms. The summed E-state index contributed by atoms with van der Waals surface area (Å²) in [6.45, 7) is 2.98. The zero-order valence-corrected chi connectivity index (χ0v) is 12.2. The molecule has 1 aromatic rings. The van der Waals surface area contributed by atoms with Gasteiger partial charge in [0.25, 0.3) is 5.91 Å². The minimum absolute atomic E-state index is 0.105. The van der Waals surface area contributed by atoms with Crippen LogP contribution in [0.4, 0.5) is 0 Å². The molecule has 1 fully saturated rings. The Balaban J connectivity index is 2.16. The lowest BCUT2D eigenvalue weighted by molar-refractivity contribution is 0.0723. The molecular weight excluding hydrogens is 258 g/mol. The Labute approximate surface area is 120 Å². The standard InChI is InChI=1S/C15H21NO2S/c1-11-6-7-13(19)10-14(11)15(18)16-8-2-4-12(16)5-3-9-17/h6-7,10,12,17,19H,2-5,8-9H2,1H3. The number of hydrogen-bond donors (Lipinski definition) is 2. The molecule has 4 heteroatoms. The molecule has 1 atom stereocenters. The van der Waals surface area contributed by atoms with E-state index in [1.807, 2.05) is 30.0 Å². The predicted molar refractivity (Wildman–Crippen MR) is 78.8 cm³/mol. The second-order valence-electron chi connectivity index (χ2n) is 5.16. The maximum absolute atomic E-state index is 12.6. The molecule has 3 nitrogen and oxygen atoms in total. The first-order chi connectivity index (χ1) is 9.13. The molecule has 1 aliphatic rings. The number of aliphatic hydroxyl groups is 1. The Morgan fingerprint density at radius 2 is 2.32 bits per heavy atom. The summed E-state index contributed by atoms with van der Waals surface area (Å²) in [5.74, 6) is 0.105. The van der Waals surface area contributed by atoms with Crippen LogP contribution in [0.3, 0.4) is 0 Å². The molecule has 0 aromatic heterocycles. The third kappa shape index (κ3) is 3.31. The van der Waals surface area contributed by atoms with E-state index < -0.39 is 0 Å². The van der Waals surface area contributed by atoms with Crippen LogP contribution in [0.2, 0.25) is 0 Å². The highest BCUT2D eigenvalue weighted by Gasteiger charge is 2.29. The number of likely N-dealkylation sites (tertiary alicyclic amines) is 1. The van der Waals surface area contributed by atoms with E-state index in [1.165, 1.54) is 0 Å². The third-order valence-corrected chi connectivity index (χ3v) is 4.06. The molecule has 1 saturated heterocycles. The number of hydrogen-bond acceptors (Lipinski definition) is 3. The van der Waals surface area contributed by atoms with E-state index in [-0.39, 0.29) is 18.6 Å². The molecule has 0 spiro atoms. The predicted octanol–water partition coefficient (Wildman–Crippen LogP) is 2.66. The van der Waals surface area contributed by atoms with Crippen molar-refractivity contribution in [3.05, 3.63) is 29.3 Å². The minimum atomic E-state index is 0.105. The van der Waals surface area contributed by atoms with Crippen LogP contribution in [0.5, 0.6) is 0 Å². The van der Waals surface area contributed by atoms with Crippen molar-refractivity contribution >= 4 is 18.5 Å². The van der Waals surface area contributed by atoms with Crippen molar-refractivity contribution in [2.45, 2.75) is 43.5 Å². The largest absolute Gasteiger partial charge is 0.396 e. The second-order valence-corrected chi connectivity index (χ2v) is 5.68. The van der Waals surface area contributed by atoms with Gasteiger partial charge >= 0.3 is 0 Å². The van der Waals surface area contributed by atoms with Gasteiger partial charge in [0.05, 0.1) is 0 Å². The van der Waals surface area contributed by atoms with Crippen molar-refractivity contribution in [3.63, 3.8) is 0 Å². The van der Waals surface area contributed by atoms with E-state index in [2.05, 4.69) is 12.6 Å². The van der Waals surface area contributed by atoms with Crippen LogP contribution in [0.25, 0.3) is 0 Å². The van der Waals surface area contributed by atoms with Gasteiger partial charge in [0.2, 0.25) is 0 Å². The van der Waals surface area contributed by atoms with E-state index in [0.717, 1.165) is 48.3 Å². The Bertz CT molecular complexity index is 461. The molecule has 1 N–H and O–H groups in total. The number of carbonyl (C=O) groups is 1. The summed E-state index contributed by atoms with van der Waals surface area (Å²) in [5.41, 5.74) is 1.75. The Morgan fingerprint density at radius 1 is 1.53 bits per heavy atom. The highest BCUT2D eigenvalue weighted by molar-refractivity contribution is 7.80. The first kappa shape index (κ1) is 14.4. The van der Waals surface area contributed by atoms with Gasteiger partial charge in [0, 0.05) is 29.7 Å². The van der Waals surface area contributed by atoms with Crippen LogP contribution in [-0.2, 0) is 0 Å². The van der Waals surface area contributed by atoms with E-state index in [1.54, 1.807) is 0 Å². The summed E-state index contributed by atoms with van der Waals surface area (Å²) in [4.78, 5) is 15.4. The lowest BCUT2D eigenvalue weighted by Crippen LogP contribution is -2.36. The van der Waals surface area contributed by atoms with E-state index in [9.17, 15) is 4.79 Å². The minimum Gasteiger partial charge on any atom is -0.396 e. The van der Waals surface area contributed by atoms with Crippen molar-refractivity contribution in [1.29, 1.82) is 0 Å². The van der Waals surface area contributed by atoms with Crippen LogP contribution < -0.4 is 0 Å². The number of thiol groups is 1. The van der Waals surface area contributed by atoms with Gasteiger partial charge in [-0.1, -0.05) is 6.07 Å². The Kier molecular flexibility index (Phi) is 4.88. The van der Waals surface area contributed by atoms with Gasteiger partial charge in [-0.3, -0.25) is 4.79 Å². The number of benzene rings is 1. The number of rotatable bonds is 4. The van der Waals surface area contributed by atoms with Crippen molar-refractivity contribution in [3.8, 4) is 0 Å². The zero-order valence-electron chi connectivity index (χ0n) is 11.3. The quantitative estimate of drug-likeness (QED) is 0.832. The lowest BCUT2D eigenvalue weighted by Gasteiger charge is -2.25. The molecule has 1 amide bonds. The molecule has 1 unspecified atom stereocenters. The van der Waals surface area contributed by atoms with Crippen LogP contribution >= 0.6 is 12.6 Å². The molecule has 1 aliphatic heterocycles. The highest BCUT2D eigenvalue weighted by Crippen LogP contribution is 2.25.